The van der Waals surface area contributed by atoms with Gasteiger partial charge in [-0.2, -0.15) is 4.31 Å². The lowest BCUT2D eigenvalue weighted by Crippen LogP contribution is -2.52. The first-order chi connectivity index (χ1) is 12.3. The van der Waals surface area contributed by atoms with Crippen LogP contribution in [0.4, 0.5) is 0 Å². The number of rotatable bonds is 7. The van der Waals surface area contributed by atoms with Crippen LogP contribution < -0.4 is 4.74 Å². The number of benzene rings is 1. The van der Waals surface area contributed by atoms with Crippen molar-refractivity contribution in [3.63, 3.8) is 0 Å². The van der Waals surface area contributed by atoms with Gasteiger partial charge in [-0.1, -0.05) is 24.9 Å². The summed E-state index contributed by atoms with van der Waals surface area (Å²) in [5, 5.41) is 0.562. The van der Waals surface area contributed by atoms with Gasteiger partial charge in [0.15, 0.2) is 0 Å². The molecule has 6 nitrogen and oxygen atoms in total. The van der Waals surface area contributed by atoms with Gasteiger partial charge in [-0.05, 0) is 37.5 Å². The molecule has 1 saturated heterocycles. The minimum Gasteiger partial charge on any atom is -0.496 e. The average Bonchev–Trinajstić information content (AvgIpc) is 2.61. The number of carbonyl (C=O) groups excluding carboxylic acids is 1. The number of piperidine rings is 1. The fraction of sp³-hybridized carbons (Fsp3) is 0.611. The lowest BCUT2D eigenvalue weighted by molar-refractivity contribution is -0.135. The quantitative estimate of drug-likeness (QED) is 0.703. The number of methoxy groups -OCH3 is 1. The summed E-state index contributed by atoms with van der Waals surface area (Å²) >= 11 is 6.06. The number of halogens is 1. The number of hydrogen-bond acceptors (Lipinski definition) is 4. The van der Waals surface area contributed by atoms with Gasteiger partial charge in [-0.15, -0.1) is 0 Å². The van der Waals surface area contributed by atoms with Crippen LogP contribution >= 0.6 is 11.6 Å². The lowest BCUT2D eigenvalue weighted by atomic mass is 10.0. The molecular weight excluding hydrogens is 376 g/mol. The molecule has 0 radical (unpaired) electrons. The average molecular weight is 403 g/mol. The number of ether oxygens (including phenoxy) is 1. The highest BCUT2D eigenvalue weighted by Crippen LogP contribution is 2.26. The summed E-state index contributed by atoms with van der Waals surface area (Å²) < 4.78 is 31.8. The predicted octanol–water partition coefficient (Wildman–Crippen LogP) is 2.90. The van der Waals surface area contributed by atoms with Gasteiger partial charge >= 0.3 is 0 Å². The molecule has 146 valence electrons. The number of carbonyl (C=O) groups is 1. The van der Waals surface area contributed by atoms with E-state index in [1.165, 1.54) is 4.31 Å². The Balaban J connectivity index is 2.19. The molecule has 0 aliphatic carbocycles. The molecule has 1 aliphatic heterocycles. The third-order valence-electron chi connectivity index (χ3n) is 4.58. The Labute approximate surface area is 161 Å². The van der Waals surface area contributed by atoms with E-state index < -0.39 is 16.1 Å². The van der Waals surface area contributed by atoms with Gasteiger partial charge < -0.3 is 9.64 Å². The molecule has 1 aromatic carbocycles. The molecule has 2 rings (SSSR count). The molecule has 1 unspecified atom stereocenters. The van der Waals surface area contributed by atoms with E-state index in [9.17, 15) is 13.2 Å². The molecule has 1 fully saturated rings. The van der Waals surface area contributed by atoms with Crippen molar-refractivity contribution in [2.75, 3.05) is 26.5 Å². The first kappa shape index (κ1) is 21.0. The highest BCUT2D eigenvalue weighted by molar-refractivity contribution is 7.89. The molecule has 1 aromatic rings. The maximum atomic E-state index is 13.0. The predicted molar refractivity (Wildman–Crippen MR) is 103 cm³/mol. The molecule has 0 aromatic heterocycles. The minimum absolute atomic E-state index is 0.0720. The zero-order valence-electron chi connectivity index (χ0n) is 15.6. The summed E-state index contributed by atoms with van der Waals surface area (Å²) in [6.07, 6.45) is 2.73. The fourth-order valence-electron chi connectivity index (χ4n) is 3.32. The normalized spacial score (nSPS) is 18.5. The van der Waals surface area contributed by atoms with Gasteiger partial charge in [0.2, 0.25) is 15.9 Å². The number of sulfonamides is 1. The second-order valence-corrected chi connectivity index (χ2v) is 9.07. The van der Waals surface area contributed by atoms with Crippen LogP contribution in [0.2, 0.25) is 5.02 Å². The van der Waals surface area contributed by atoms with E-state index in [1.54, 1.807) is 37.3 Å². The molecule has 1 heterocycles. The Morgan fingerprint density at radius 3 is 2.77 bits per heavy atom. The zero-order chi connectivity index (χ0) is 19.3. The van der Waals surface area contributed by atoms with Crippen LogP contribution in [0.3, 0.4) is 0 Å². The van der Waals surface area contributed by atoms with E-state index in [0.29, 0.717) is 36.7 Å². The Hall–Kier alpha value is -1.31. The van der Waals surface area contributed by atoms with Gasteiger partial charge in [0.25, 0.3) is 0 Å². The maximum absolute atomic E-state index is 13.0. The molecule has 0 spiro atoms. The van der Waals surface area contributed by atoms with Crippen molar-refractivity contribution in [2.45, 2.75) is 45.2 Å². The van der Waals surface area contributed by atoms with Crippen LogP contribution in [0.5, 0.6) is 5.75 Å². The van der Waals surface area contributed by atoms with Gasteiger partial charge in [0.05, 0.1) is 12.9 Å². The summed E-state index contributed by atoms with van der Waals surface area (Å²) in [6.45, 7) is 2.55. The third-order valence-corrected chi connectivity index (χ3v) is 6.90. The van der Waals surface area contributed by atoms with E-state index in [0.717, 1.165) is 18.4 Å². The van der Waals surface area contributed by atoms with Crippen molar-refractivity contribution in [1.82, 2.24) is 9.21 Å². The molecule has 1 aliphatic rings. The molecule has 1 amide bonds. The fourth-order valence-corrected chi connectivity index (χ4v) is 5.25. The van der Waals surface area contributed by atoms with Crippen LogP contribution in [0.1, 0.15) is 38.2 Å². The Morgan fingerprint density at radius 2 is 2.12 bits per heavy atom. The van der Waals surface area contributed by atoms with Gasteiger partial charge in [0, 0.05) is 30.7 Å². The highest BCUT2D eigenvalue weighted by Gasteiger charge is 2.37. The monoisotopic (exact) mass is 402 g/mol. The van der Waals surface area contributed by atoms with E-state index in [4.69, 9.17) is 16.3 Å². The zero-order valence-corrected chi connectivity index (χ0v) is 17.1. The van der Waals surface area contributed by atoms with Crippen molar-refractivity contribution in [1.29, 1.82) is 0 Å². The summed E-state index contributed by atoms with van der Waals surface area (Å²) in [4.78, 5) is 14.5. The van der Waals surface area contributed by atoms with Crippen LogP contribution in [-0.2, 0) is 21.4 Å². The molecule has 8 heteroatoms. The van der Waals surface area contributed by atoms with E-state index in [2.05, 4.69) is 0 Å². The molecule has 0 saturated carbocycles. The van der Waals surface area contributed by atoms with Gasteiger partial charge in [0.1, 0.15) is 11.8 Å². The summed E-state index contributed by atoms with van der Waals surface area (Å²) in [7, 11) is -0.167. The summed E-state index contributed by atoms with van der Waals surface area (Å²) in [5.41, 5.74) is 0.787. The van der Waals surface area contributed by atoms with Crippen molar-refractivity contribution in [3.05, 3.63) is 28.8 Å². The number of nitrogens with zero attached hydrogens (tertiary/aromatic N) is 2. The first-order valence-corrected chi connectivity index (χ1v) is 10.9. The standard InChI is InChI=1S/C18H27ClN2O4S/c1-4-11-26(23,24)21-10-6-5-7-16(21)18(22)20(2)13-14-12-15(19)8-9-17(14)25-3/h8-9,12,16H,4-7,10-11,13H2,1-3H3. The van der Waals surface area contributed by atoms with Crippen LogP contribution in [0, 0.1) is 0 Å². The largest absolute Gasteiger partial charge is 0.496 e. The van der Waals surface area contributed by atoms with Crippen LogP contribution in [0.15, 0.2) is 18.2 Å². The Kier molecular flexibility index (Phi) is 7.32. The van der Waals surface area contributed by atoms with Gasteiger partial charge in [-0.3, -0.25) is 4.79 Å². The molecular formula is C18H27ClN2O4S. The molecule has 26 heavy (non-hydrogen) atoms. The third kappa shape index (κ3) is 4.90. The van der Waals surface area contributed by atoms with E-state index >= 15 is 0 Å². The van der Waals surface area contributed by atoms with Crippen LogP contribution in [0.25, 0.3) is 0 Å². The summed E-state index contributed by atoms with van der Waals surface area (Å²) in [5.74, 6) is 0.530. The second-order valence-electron chi connectivity index (χ2n) is 6.59. The number of hydrogen-bond donors (Lipinski definition) is 0. The van der Waals surface area contributed by atoms with Crippen LogP contribution in [-0.4, -0.2) is 56.0 Å². The number of amides is 1. The molecule has 1 atom stereocenters. The topological polar surface area (TPSA) is 66.9 Å². The first-order valence-electron chi connectivity index (χ1n) is 8.87. The van der Waals surface area contributed by atoms with Crippen molar-refractivity contribution in [3.8, 4) is 5.75 Å². The second kappa shape index (κ2) is 9.06. The van der Waals surface area contributed by atoms with Crippen molar-refractivity contribution < 1.29 is 17.9 Å². The Bertz CT molecular complexity index is 739. The SMILES string of the molecule is CCCS(=O)(=O)N1CCCCC1C(=O)N(C)Cc1cc(Cl)ccc1OC. The maximum Gasteiger partial charge on any atom is 0.241 e. The minimum atomic E-state index is -3.41. The molecule has 0 N–H and O–H groups in total. The summed E-state index contributed by atoms with van der Waals surface area (Å²) in [6, 6.07) is 4.62. The van der Waals surface area contributed by atoms with Gasteiger partial charge in [-0.25, -0.2) is 8.42 Å². The smallest absolute Gasteiger partial charge is 0.241 e. The van der Waals surface area contributed by atoms with Crippen molar-refractivity contribution >= 4 is 27.5 Å². The van der Waals surface area contributed by atoms with E-state index in [-0.39, 0.29) is 11.7 Å². The number of likely N-dealkylation sites (N-methyl/N-ethyl adjacent to an activating group) is 1. The highest BCUT2D eigenvalue weighted by atomic mass is 35.5. The van der Waals surface area contributed by atoms with Crippen molar-refractivity contribution in [2.24, 2.45) is 0 Å². The lowest BCUT2D eigenvalue weighted by Gasteiger charge is -2.36. The van der Waals surface area contributed by atoms with E-state index in [1.807, 2.05) is 6.92 Å². The molecule has 0 bridgehead atoms. The Morgan fingerprint density at radius 1 is 1.38 bits per heavy atom.